The van der Waals surface area contributed by atoms with Gasteiger partial charge in [0.15, 0.2) is 0 Å². The van der Waals surface area contributed by atoms with Crippen LogP contribution < -0.4 is 20.7 Å². The normalized spacial score (nSPS) is 16.9. The molecule has 2 amide bonds. The van der Waals surface area contributed by atoms with Crippen molar-refractivity contribution in [3.8, 4) is 5.75 Å². The molecule has 2 unspecified atom stereocenters. The molecule has 1 aliphatic heterocycles. The minimum Gasteiger partial charge on any atom is -0.490 e. The SMILES string of the molecule is CC(C)NCC(O)COc1cccc2[nH]c3cc(C(=O)NCCCCC(N[C@@H](C)C(=O)N4CCC[C@H]4C(=O)O)C(=O)O)ccc3c12. The Kier molecular flexibility index (Phi) is 12.0. The van der Waals surface area contributed by atoms with Crippen LogP contribution in [0.1, 0.15) is 63.2 Å². The molecule has 3 aromatic rings. The maximum atomic E-state index is 12.9. The fourth-order valence-corrected chi connectivity index (χ4v) is 5.77. The third-order valence-electron chi connectivity index (χ3n) is 8.19. The molecule has 13 heteroatoms. The number of amides is 2. The highest BCUT2D eigenvalue weighted by atomic mass is 16.5. The number of carboxylic acids is 2. The molecule has 4 atom stereocenters. The zero-order valence-electron chi connectivity index (χ0n) is 26.5. The monoisotopic (exact) mass is 639 g/mol. The second-order valence-corrected chi connectivity index (χ2v) is 12.2. The van der Waals surface area contributed by atoms with E-state index < -0.39 is 42.1 Å². The molecule has 7 N–H and O–H groups in total. The Hall–Kier alpha value is -4.20. The summed E-state index contributed by atoms with van der Waals surface area (Å²) >= 11 is 0. The number of carbonyl (C=O) groups excluding carboxylic acids is 2. The Bertz CT molecular complexity index is 1540. The third-order valence-corrected chi connectivity index (χ3v) is 8.19. The number of carbonyl (C=O) groups is 4. The highest BCUT2D eigenvalue weighted by molar-refractivity contribution is 6.12. The first-order chi connectivity index (χ1) is 22.0. The first kappa shape index (κ1) is 34.7. The number of hydrogen-bond donors (Lipinski definition) is 7. The molecule has 46 heavy (non-hydrogen) atoms. The molecule has 0 spiro atoms. The Balaban J connectivity index is 1.27. The van der Waals surface area contributed by atoms with Gasteiger partial charge in [-0.3, -0.25) is 19.7 Å². The first-order valence-corrected chi connectivity index (χ1v) is 15.8. The average Bonchev–Trinajstić information content (AvgIpc) is 3.66. The molecule has 250 valence electrons. The second-order valence-electron chi connectivity index (χ2n) is 12.2. The van der Waals surface area contributed by atoms with Crippen molar-refractivity contribution < 1.29 is 39.2 Å². The second kappa shape index (κ2) is 15.9. The molecule has 2 aromatic carbocycles. The van der Waals surface area contributed by atoms with E-state index in [2.05, 4.69) is 20.9 Å². The van der Waals surface area contributed by atoms with Crippen LogP contribution in [0.15, 0.2) is 36.4 Å². The summed E-state index contributed by atoms with van der Waals surface area (Å²) in [7, 11) is 0. The van der Waals surface area contributed by atoms with Crippen LogP contribution in [0.4, 0.5) is 0 Å². The van der Waals surface area contributed by atoms with Crippen LogP contribution >= 0.6 is 0 Å². The van der Waals surface area contributed by atoms with Crippen molar-refractivity contribution in [3.05, 3.63) is 42.0 Å². The van der Waals surface area contributed by atoms with Gasteiger partial charge in [0, 0.05) is 47.5 Å². The number of aromatic amines is 1. The van der Waals surface area contributed by atoms with Crippen LogP contribution in [-0.2, 0) is 14.4 Å². The Morgan fingerprint density at radius 3 is 2.57 bits per heavy atom. The minimum atomic E-state index is -1.10. The van der Waals surface area contributed by atoms with Gasteiger partial charge in [0.25, 0.3) is 5.91 Å². The van der Waals surface area contributed by atoms with Gasteiger partial charge in [0.2, 0.25) is 5.91 Å². The van der Waals surface area contributed by atoms with Crippen molar-refractivity contribution in [2.24, 2.45) is 0 Å². The molecule has 1 saturated heterocycles. The van der Waals surface area contributed by atoms with Crippen molar-refractivity contribution in [2.75, 3.05) is 26.2 Å². The van der Waals surface area contributed by atoms with Crippen molar-refractivity contribution in [3.63, 3.8) is 0 Å². The standard InChI is InChI=1S/C33H45N5O8/c1-19(2)35-17-22(39)18-46-28-11-6-9-24-29(28)23-13-12-21(16-26(23)37-24)30(40)34-14-5-4-8-25(32(42)43)36-20(3)31(41)38-15-7-10-27(38)33(44)45/h6,9,11-13,16,19-20,22,25,27,35-37,39H,4-5,7-8,10,14-15,17-18H2,1-3H3,(H,34,40)(H,42,43)(H,44,45)/t20-,22?,25?,27-/m0/s1. The van der Waals surface area contributed by atoms with Gasteiger partial charge in [0.1, 0.15) is 30.5 Å². The van der Waals surface area contributed by atoms with Gasteiger partial charge in [-0.1, -0.05) is 26.0 Å². The predicted molar refractivity (Wildman–Crippen MR) is 173 cm³/mol. The molecular formula is C33H45N5O8. The molecule has 13 nitrogen and oxygen atoms in total. The third kappa shape index (κ3) is 8.74. The lowest BCUT2D eigenvalue weighted by Gasteiger charge is -2.27. The number of likely N-dealkylation sites (tertiary alicyclic amines) is 1. The molecular weight excluding hydrogens is 594 g/mol. The molecule has 1 fully saturated rings. The van der Waals surface area contributed by atoms with E-state index >= 15 is 0 Å². The number of aromatic nitrogens is 1. The molecule has 0 radical (unpaired) electrons. The Morgan fingerprint density at radius 1 is 1.07 bits per heavy atom. The summed E-state index contributed by atoms with van der Waals surface area (Å²) in [6.07, 6.45) is 1.57. The number of fused-ring (bicyclic) bond motifs is 3. The number of aliphatic hydroxyl groups excluding tert-OH is 1. The summed E-state index contributed by atoms with van der Waals surface area (Å²) in [5, 5.41) is 40.0. The molecule has 1 aliphatic rings. The highest BCUT2D eigenvalue weighted by Crippen LogP contribution is 2.33. The molecule has 2 heterocycles. The summed E-state index contributed by atoms with van der Waals surface area (Å²) in [5.74, 6) is -2.20. The smallest absolute Gasteiger partial charge is 0.326 e. The van der Waals surface area contributed by atoms with Gasteiger partial charge in [-0.2, -0.15) is 0 Å². The Morgan fingerprint density at radius 2 is 1.85 bits per heavy atom. The van der Waals surface area contributed by atoms with Gasteiger partial charge in [0.05, 0.1) is 11.6 Å². The van der Waals surface area contributed by atoms with Crippen LogP contribution in [0.5, 0.6) is 5.75 Å². The topological polar surface area (TPSA) is 193 Å². The number of nitrogens with zero attached hydrogens (tertiary/aromatic N) is 1. The largest absolute Gasteiger partial charge is 0.490 e. The lowest BCUT2D eigenvalue weighted by Crippen LogP contribution is -2.53. The predicted octanol–water partition coefficient (Wildman–Crippen LogP) is 2.47. The van der Waals surface area contributed by atoms with Crippen molar-refractivity contribution in [1.82, 2.24) is 25.8 Å². The number of H-pyrrole nitrogens is 1. The van der Waals surface area contributed by atoms with Crippen molar-refractivity contribution in [1.29, 1.82) is 0 Å². The van der Waals surface area contributed by atoms with Gasteiger partial charge >= 0.3 is 11.9 Å². The lowest BCUT2D eigenvalue weighted by atomic mass is 10.1. The maximum Gasteiger partial charge on any atom is 0.326 e. The van der Waals surface area contributed by atoms with Gasteiger partial charge in [-0.05, 0) is 63.3 Å². The summed E-state index contributed by atoms with van der Waals surface area (Å²) in [5.41, 5.74) is 2.08. The Labute approximate surface area is 267 Å². The van der Waals surface area contributed by atoms with Crippen molar-refractivity contribution >= 4 is 45.6 Å². The van der Waals surface area contributed by atoms with E-state index in [0.29, 0.717) is 56.6 Å². The fraction of sp³-hybridized carbons (Fsp3) is 0.515. The summed E-state index contributed by atoms with van der Waals surface area (Å²) in [6.45, 7) is 6.80. The van der Waals surface area contributed by atoms with E-state index in [1.807, 2.05) is 38.1 Å². The van der Waals surface area contributed by atoms with Crippen LogP contribution in [-0.4, -0.2) is 105 Å². The van der Waals surface area contributed by atoms with E-state index in [0.717, 1.165) is 21.8 Å². The summed E-state index contributed by atoms with van der Waals surface area (Å²) in [6, 6.07) is 8.56. The molecule has 0 bridgehead atoms. The summed E-state index contributed by atoms with van der Waals surface area (Å²) < 4.78 is 5.96. The zero-order valence-corrected chi connectivity index (χ0v) is 26.5. The van der Waals surface area contributed by atoms with E-state index in [9.17, 15) is 34.5 Å². The zero-order chi connectivity index (χ0) is 33.4. The van der Waals surface area contributed by atoms with Gasteiger partial charge in [-0.25, -0.2) is 4.79 Å². The minimum absolute atomic E-state index is 0.137. The number of hydrogen-bond acceptors (Lipinski definition) is 8. The average molecular weight is 640 g/mol. The number of unbranched alkanes of at least 4 members (excludes halogenated alkanes) is 1. The number of nitrogens with one attached hydrogen (secondary N) is 4. The number of benzene rings is 2. The molecule has 0 aliphatic carbocycles. The summed E-state index contributed by atoms with van der Waals surface area (Å²) in [4.78, 5) is 53.6. The molecule has 1 aromatic heterocycles. The molecule has 0 saturated carbocycles. The van der Waals surface area contributed by atoms with Gasteiger partial charge in [-0.15, -0.1) is 0 Å². The van der Waals surface area contributed by atoms with Crippen LogP contribution in [0.25, 0.3) is 21.8 Å². The maximum absolute atomic E-state index is 12.9. The van der Waals surface area contributed by atoms with E-state index in [1.54, 1.807) is 19.1 Å². The van der Waals surface area contributed by atoms with E-state index in [-0.39, 0.29) is 25.0 Å². The quantitative estimate of drug-likeness (QED) is 0.108. The number of aliphatic hydroxyl groups is 1. The van der Waals surface area contributed by atoms with E-state index in [1.165, 1.54) is 4.90 Å². The highest BCUT2D eigenvalue weighted by Gasteiger charge is 2.36. The molecule has 4 rings (SSSR count). The lowest BCUT2D eigenvalue weighted by molar-refractivity contribution is -0.149. The van der Waals surface area contributed by atoms with Gasteiger partial charge < -0.3 is 40.6 Å². The van der Waals surface area contributed by atoms with E-state index in [4.69, 9.17) is 4.74 Å². The number of ether oxygens (including phenoxy) is 1. The van der Waals surface area contributed by atoms with Crippen molar-refractivity contribution in [2.45, 2.75) is 83.1 Å². The van der Waals surface area contributed by atoms with Crippen LogP contribution in [0.3, 0.4) is 0 Å². The first-order valence-electron chi connectivity index (χ1n) is 15.8. The number of rotatable bonds is 17. The van der Waals surface area contributed by atoms with Crippen LogP contribution in [0, 0.1) is 0 Å². The number of carboxylic acid groups (broad SMARTS) is 2. The number of aliphatic carboxylic acids is 2. The van der Waals surface area contributed by atoms with Crippen LogP contribution in [0.2, 0.25) is 0 Å². The fourth-order valence-electron chi connectivity index (χ4n) is 5.77.